The normalized spacial score (nSPS) is 31.1. The number of nitrogens with one attached hydrogen (secondary N) is 2. The van der Waals surface area contributed by atoms with Crippen molar-refractivity contribution in [2.24, 2.45) is 0 Å². The van der Waals surface area contributed by atoms with Crippen LogP contribution in [0.5, 0.6) is 0 Å². The van der Waals surface area contributed by atoms with Crippen LogP contribution in [-0.2, 0) is 9.47 Å². The van der Waals surface area contributed by atoms with E-state index in [1.807, 2.05) is 48.5 Å². The molecule has 2 fully saturated rings. The maximum absolute atomic E-state index is 9.82. The predicted molar refractivity (Wildman–Crippen MR) is 112 cm³/mol. The van der Waals surface area contributed by atoms with E-state index in [-0.39, 0.29) is 25.7 Å². The van der Waals surface area contributed by atoms with Crippen LogP contribution in [0.25, 0.3) is 11.1 Å². The molecule has 0 radical (unpaired) electrons. The highest BCUT2D eigenvalue weighted by Crippen LogP contribution is 2.27. The summed E-state index contributed by atoms with van der Waals surface area (Å²) in [6.45, 7) is -0.392. The standard InChI is InChI=1S/C22H28N2O6/c25-11-19-17(27)9-21(29-19)23-15-5-1-13(2-6-15)14-3-7-16(8-4-14)24-22-10-18(28)20(12-26)30-22/h1-8,17-28H,9-12H2/t17-,18-,19+,20+,21?,22?/m0/s1. The Hall–Kier alpha value is -2.20. The van der Waals surface area contributed by atoms with Crippen molar-refractivity contribution >= 4 is 11.4 Å². The summed E-state index contributed by atoms with van der Waals surface area (Å²) < 4.78 is 11.1. The lowest BCUT2D eigenvalue weighted by Gasteiger charge is -2.16. The molecular weight excluding hydrogens is 388 g/mol. The number of hydrogen-bond acceptors (Lipinski definition) is 8. The fourth-order valence-electron chi connectivity index (χ4n) is 3.86. The van der Waals surface area contributed by atoms with Gasteiger partial charge in [0.25, 0.3) is 0 Å². The molecule has 0 aromatic heterocycles. The number of ether oxygens (including phenoxy) is 2. The van der Waals surface area contributed by atoms with E-state index in [0.717, 1.165) is 22.5 Å². The number of anilines is 2. The molecule has 0 amide bonds. The molecule has 162 valence electrons. The smallest absolute Gasteiger partial charge is 0.130 e. The predicted octanol–water partition coefficient (Wildman–Crippen LogP) is 1.11. The number of rotatable bonds is 7. The molecule has 2 aliphatic heterocycles. The molecule has 2 aromatic rings. The number of benzene rings is 2. The van der Waals surface area contributed by atoms with Crippen molar-refractivity contribution in [3.63, 3.8) is 0 Å². The van der Waals surface area contributed by atoms with E-state index >= 15 is 0 Å². The minimum absolute atomic E-state index is 0.196. The monoisotopic (exact) mass is 416 g/mol. The van der Waals surface area contributed by atoms with Gasteiger partial charge in [-0.05, 0) is 35.4 Å². The molecule has 0 spiro atoms. The van der Waals surface area contributed by atoms with Crippen LogP contribution in [0.2, 0.25) is 0 Å². The minimum Gasteiger partial charge on any atom is -0.394 e. The van der Waals surface area contributed by atoms with Crippen LogP contribution < -0.4 is 10.6 Å². The van der Waals surface area contributed by atoms with Crippen LogP contribution in [0, 0.1) is 0 Å². The van der Waals surface area contributed by atoms with Crippen molar-refractivity contribution in [1.29, 1.82) is 0 Å². The van der Waals surface area contributed by atoms with Gasteiger partial charge < -0.3 is 40.5 Å². The third-order valence-electron chi connectivity index (χ3n) is 5.57. The van der Waals surface area contributed by atoms with Crippen LogP contribution in [0.1, 0.15) is 12.8 Å². The first-order valence-corrected chi connectivity index (χ1v) is 10.2. The maximum atomic E-state index is 9.82. The van der Waals surface area contributed by atoms with Crippen LogP contribution in [0.15, 0.2) is 48.5 Å². The molecule has 0 saturated carbocycles. The number of aliphatic hydroxyl groups is 4. The third kappa shape index (κ3) is 4.75. The van der Waals surface area contributed by atoms with Gasteiger partial charge in [0, 0.05) is 24.2 Å². The zero-order valence-electron chi connectivity index (χ0n) is 16.5. The van der Waals surface area contributed by atoms with Crippen molar-refractivity contribution in [3.05, 3.63) is 48.5 Å². The van der Waals surface area contributed by atoms with Crippen molar-refractivity contribution < 1.29 is 29.9 Å². The van der Waals surface area contributed by atoms with E-state index in [1.54, 1.807) is 0 Å². The Morgan fingerprint density at radius 1 is 0.667 bits per heavy atom. The van der Waals surface area contributed by atoms with Crippen LogP contribution in [-0.4, -0.2) is 70.5 Å². The quantitative estimate of drug-likeness (QED) is 0.397. The fraction of sp³-hybridized carbons (Fsp3) is 0.455. The Balaban J connectivity index is 1.33. The van der Waals surface area contributed by atoms with E-state index in [4.69, 9.17) is 9.47 Å². The van der Waals surface area contributed by atoms with Crippen molar-refractivity contribution in [2.75, 3.05) is 23.8 Å². The third-order valence-corrected chi connectivity index (χ3v) is 5.57. The lowest BCUT2D eigenvalue weighted by molar-refractivity contribution is -0.0149. The van der Waals surface area contributed by atoms with Crippen LogP contribution >= 0.6 is 0 Å². The SMILES string of the molecule is OC[C@H]1OC(Nc2ccc(-c3ccc(NC4C[C@H](O)[C@@H](CO)O4)cc3)cc2)C[C@@H]1O. The molecule has 8 nitrogen and oxygen atoms in total. The van der Waals surface area contributed by atoms with E-state index in [9.17, 15) is 20.4 Å². The van der Waals surface area contributed by atoms with Gasteiger partial charge in [-0.2, -0.15) is 0 Å². The zero-order valence-corrected chi connectivity index (χ0v) is 16.5. The summed E-state index contributed by atoms with van der Waals surface area (Å²) in [5, 5.41) is 44.4. The van der Waals surface area contributed by atoms with Gasteiger partial charge in [0.15, 0.2) is 0 Å². The van der Waals surface area contributed by atoms with E-state index in [1.165, 1.54) is 0 Å². The molecule has 8 heteroatoms. The van der Waals surface area contributed by atoms with Crippen molar-refractivity contribution in [3.8, 4) is 11.1 Å². The Morgan fingerprint density at radius 2 is 1.03 bits per heavy atom. The van der Waals surface area contributed by atoms with Gasteiger partial charge in [-0.25, -0.2) is 0 Å². The van der Waals surface area contributed by atoms with Crippen LogP contribution in [0.4, 0.5) is 11.4 Å². The lowest BCUT2D eigenvalue weighted by atomic mass is 10.0. The second-order valence-electron chi connectivity index (χ2n) is 7.74. The highest BCUT2D eigenvalue weighted by atomic mass is 16.5. The average molecular weight is 416 g/mol. The highest BCUT2D eigenvalue weighted by Gasteiger charge is 2.34. The largest absolute Gasteiger partial charge is 0.394 e. The van der Waals surface area contributed by atoms with Gasteiger partial charge in [0.2, 0.25) is 0 Å². The molecule has 2 heterocycles. The number of aliphatic hydroxyl groups excluding tert-OH is 4. The van der Waals surface area contributed by atoms with Crippen LogP contribution in [0.3, 0.4) is 0 Å². The van der Waals surface area contributed by atoms with Gasteiger partial charge in [-0.3, -0.25) is 0 Å². The summed E-state index contributed by atoms with van der Waals surface area (Å²) in [4.78, 5) is 0. The van der Waals surface area contributed by atoms with E-state index in [2.05, 4.69) is 10.6 Å². The summed E-state index contributed by atoms with van der Waals surface area (Å²) in [6.07, 6.45) is -2.18. The summed E-state index contributed by atoms with van der Waals surface area (Å²) in [7, 11) is 0. The Morgan fingerprint density at radius 3 is 1.33 bits per heavy atom. The topological polar surface area (TPSA) is 123 Å². The second kappa shape index (κ2) is 9.30. The second-order valence-corrected chi connectivity index (χ2v) is 7.74. The molecule has 0 bridgehead atoms. The summed E-state index contributed by atoms with van der Waals surface area (Å²) >= 11 is 0. The van der Waals surface area contributed by atoms with Gasteiger partial charge in [0.1, 0.15) is 24.7 Å². The summed E-state index contributed by atoms with van der Waals surface area (Å²) in [5.74, 6) is 0. The van der Waals surface area contributed by atoms with Gasteiger partial charge >= 0.3 is 0 Å². The number of hydrogen-bond donors (Lipinski definition) is 6. The molecule has 6 atom stereocenters. The highest BCUT2D eigenvalue weighted by molar-refractivity contribution is 5.68. The summed E-state index contributed by atoms with van der Waals surface area (Å²) in [6, 6.07) is 15.8. The summed E-state index contributed by atoms with van der Waals surface area (Å²) in [5.41, 5.74) is 3.87. The minimum atomic E-state index is -0.661. The Labute approximate surface area is 175 Å². The van der Waals surface area contributed by atoms with Crippen molar-refractivity contribution in [2.45, 2.75) is 49.7 Å². The first-order chi connectivity index (χ1) is 14.6. The molecule has 2 aromatic carbocycles. The lowest BCUT2D eigenvalue weighted by Crippen LogP contribution is -2.25. The Kier molecular flexibility index (Phi) is 6.52. The molecule has 30 heavy (non-hydrogen) atoms. The van der Waals surface area contributed by atoms with Gasteiger partial charge in [-0.15, -0.1) is 0 Å². The Bertz CT molecular complexity index is 746. The van der Waals surface area contributed by atoms with Gasteiger partial charge in [0.05, 0.1) is 25.4 Å². The molecule has 2 aliphatic rings. The van der Waals surface area contributed by atoms with E-state index < -0.39 is 24.4 Å². The first-order valence-electron chi connectivity index (χ1n) is 10.2. The molecule has 0 aliphatic carbocycles. The molecule has 2 saturated heterocycles. The zero-order chi connectivity index (χ0) is 21.1. The fourth-order valence-corrected chi connectivity index (χ4v) is 3.86. The molecular formula is C22H28N2O6. The molecule has 2 unspecified atom stereocenters. The van der Waals surface area contributed by atoms with E-state index in [0.29, 0.717) is 12.8 Å². The van der Waals surface area contributed by atoms with Crippen molar-refractivity contribution in [1.82, 2.24) is 0 Å². The maximum Gasteiger partial charge on any atom is 0.130 e. The van der Waals surface area contributed by atoms with Gasteiger partial charge in [-0.1, -0.05) is 24.3 Å². The first kappa shape index (κ1) is 21.0. The average Bonchev–Trinajstić information content (AvgIpc) is 3.30. The molecule has 4 rings (SSSR count). The molecule has 6 N–H and O–H groups in total.